The molecule has 25 heavy (non-hydrogen) atoms. The number of carbonyl (C=O) groups is 2. The van der Waals surface area contributed by atoms with E-state index >= 15 is 0 Å². The highest BCUT2D eigenvalue weighted by molar-refractivity contribution is 9.10. The molecule has 2 aromatic carbocycles. The van der Waals surface area contributed by atoms with Crippen LogP contribution in [-0.4, -0.2) is 23.5 Å². The lowest BCUT2D eigenvalue weighted by molar-refractivity contribution is -0.136. The number of hydrogen-bond acceptors (Lipinski definition) is 3. The Morgan fingerprint density at radius 1 is 1.20 bits per heavy atom. The standard InChI is InChI=1S/C16H12BrClF2N2O3/c17-8-1-4-12(10(18)7-8)22-15-9(2-3-11(19)14(15)20)16(25)21-6-5-13(23)24/h1-4,7,22H,5-6H2,(H,21,25)(H,23,24). The Labute approximate surface area is 155 Å². The van der Waals surface area contributed by atoms with Crippen molar-refractivity contribution in [1.29, 1.82) is 0 Å². The van der Waals surface area contributed by atoms with Crippen molar-refractivity contribution in [3.05, 3.63) is 57.0 Å². The van der Waals surface area contributed by atoms with Gasteiger partial charge in [0.15, 0.2) is 11.6 Å². The summed E-state index contributed by atoms with van der Waals surface area (Å²) in [5.41, 5.74) is -0.297. The van der Waals surface area contributed by atoms with Crippen molar-refractivity contribution >= 4 is 50.8 Å². The summed E-state index contributed by atoms with van der Waals surface area (Å²) >= 11 is 9.27. The third-order valence-corrected chi connectivity index (χ3v) is 3.96. The van der Waals surface area contributed by atoms with Crippen molar-refractivity contribution in [2.75, 3.05) is 11.9 Å². The lowest BCUT2D eigenvalue weighted by Crippen LogP contribution is -2.27. The number of carboxylic acid groups (broad SMARTS) is 1. The third-order valence-electron chi connectivity index (χ3n) is 3.15. The first-order chi connectivity index (χ1) is 11.8. The van der Waals surface area contributed by atoms with E-state index in [0.717, 1.165) is 12.1 Å². The Kier molecular flexibility index (Phi) is 6.33. The Bertz CT molecular complexity index is 833. The molecule has 0 atom stereocenters. The van der Waals surface area contributed by atoms with E-state index < -0.39 is 29.2 Å². The van der Waals surface area contributed by atoms with E-state index in [1.54, 1.807) is 12.1 Å². The first-order valence-corrected chi connectivity index (χ1v) is 8.16. The van der Waals surface area contributed by atoms with Gasteiger partial charge in [0.2, 0.25) is 0 Å². The average molecular weight is 434 g/mol. The van der Waals surface area contributed by atoms with Gasteiger partial charge in [-0.05, 0) is 30.3 Å². The van der Waals surface area contributed by atoms with Crippen molar-refractivity contribution < 1.29 is 23.5 Å². The molecule has 0 bridgehead atoms. The molecule has 1 amide bonds. The van der Waals surface area contributed by atoms with E-state index in [4.69, 9.17) is 16.7 Å². The van der Waals surface area contributed by atoms with Gasteiger partial charge in [-0.15, -0.1) is 0 Å². The fourth-order valence-electron chi connectivity index (χ4n) is 1.97. The highest BCUT2D eigenvalue weighted by Gasteiger charge is 2.20. The topological polar surface area (TPSA) is 78.4 Å². The zero-order chi connectivity index (χ0) is 18.6. The number of aliphatic carboxylic acids is 1. The molecule has 0 heterocycles. The van der Waals surface area contributed by atoms with Crippen LogP contribution in [0.3, 0.4) is 0 Å². The molecule has 5 nitrogen and oxygen atoms in total. The van der Waals surface area contributed by atoms with Gasteiger partial charge >= 0.3 is 5.97 Å². The van der Waals surface area contributed by atoms with Crippen molar-refractivity contribution in [3.63, 3.8) is 0 Å². The number of carboxylic acids is 1. The van der Waals surface area contributed by atoms with Gasteiger partial charge < -0.3 is 15.7 Å². The second kappa shape index (κ2) is 8.26. The van der Waals surface area contributed by atoms with Crippen LogP contribution in [0.4, 0.5) is 20.2 Å². The lowest BCUT2D eigenvalue weighted by Gasteiger charge is -2.14. The summed E-state index contributed by atoms with van der Waals surface area (Å²) in [6.45, 7) is -0.147. The van der Waals surface area contributed by atoms with Gasteiger partial charge in [0.25, 0.3) is 5.91 Å². The van der Waals surface area contributed by atoms with Crippen LogP contribution in [0.1, 0.15) is 16.8 Å². The van der Waals surface area contributed by atoms with E-state index in [1.807, 2.05) is 0 Å². The van der Waals surface area contributed by atoms with Gasteiger partial charge in [-0.1, -0.05) is 27.5 Å². The molecular weight excluding hydrogens is 422 g/mol. The van der Waals surface area contributed by atoms with E-state index in [2.05, 4.69) is 26.6 Å². The molecule has 0 aliphatic heterocycles. The van der Waals surface area contributed by atoms with E-state index in [9.17, 15) is 18.4 Å². The van der Waals surface area contributed by atoms with Crippen molar-refractivity contribution in [2.45, 2.75) is 6.42 Å². The maximum absolute atomic E-state index is 14.2. The predicted octanol–water partition coefficient (Wildman–Crippen LogP) is 4.33. The molecule has 0 spiro atoms. The number of rotatable bonds is 6. The molecule has 132 valence electrons. The molecule has 0 unspecified atom stereocenters. The minimum atomic E-state index is -1.25. The molecule has 3 N–H and O–H groups in total. The fraction of sp³-hybridized carbons (Fsp3) is 0.125. The molecule has 0 aromatic heterocycles. The Balaban J connectivity index is 2.33. The summed E-state index contributed by atoms with van der Waals surface area (Å²) in [5.74, 6) is -4.22. The van der Waals surface area contributed by atoms with Crippen LogP contribution in [0.2, 0.25) is 5.02 Å². The van der Waals surface area contributed by atoms with Crippen molar-refractivity contribution in [1.82, 2.24) is 5.32 Å². The highest BCUT2D eigenvalue weighted by atomic mass is 79.9. The second-order valence-corrected chi connectivity index (χ2v) is 6.26. The summed E-state index contributed by atoms with van der Waals surface area (Å²) < 4.78 is 28.5. The first kappa shape index (κ1) is 19.1. The van der Waals surface area contributed by atoms with Gasteiger partial charge in [0, 0.05) is 11.0 Å². The molecule has 2 rings (SSSR count). The van der Waals surface area contributed by atoms with Crippen LogP contribution < -0.4 is 10.6 Å². The minimum Gasteiger partial charge on any atom is -0.481 e. The molecule has 0 saturated carbocycles. The summed E-state index contributed by atoms with van der Waals surface area (Å²) in [5, 5.41) is 13.8. The van der Waals surface area contributed by atoms with Crippen molar-refractivity contribution in [3.8, 4) is 0 Å². The maximum atomic E-state index is 14.2. The van der Waals surface area contributed by atoms with Crippen LogP contribution >= 0.6 is 27.5 Å². The molecule has 0 saturated heterocycles. The Morgan fingerprint density at radius 2 is 1.92 bits per heavy atom. The number of hydrogen-bond donors (Lipinski definition) is 3. The third kappa shape index (κ3) is 4.90. The summed E-state index contributed by atoms with van der Waals surface area (Å²) in [6.07, 6.45) is -0.295. The number of halogens is 4. The minimum absolute atomic E-state index is 0.147. The lowest BCUT2D eigenvalue weighted by atomic mass is 10.1. The van der Waals surface area contributed by atoms with Crippen LogP contribution in [0.25, 0.3) is 0 Å². The fourth-order valence-corrected chi connectivity index (χ4v) is 2.69. The summed E-state index contributed by atoms with van der Waals surface area (Å²) in [7, 11) is 0. The number of anilines is 2. The largest absolute Gasteiger partial charge is 0.481 e. The maximum Gasteiger partial charge on any atom is 0.305 e. The zero-order valence-electron chi connectivity index (χ0n) is 12.6. The van der Waals surface area contributed by atoms with Crippen LogP contribution in [0.5, 0.6) is 0 Å². The molecule has 0 radical (unpaired) electrons. The average Bonchev–Trinajstić information content (AvgIpc) is 2.53. The first-order valence-electron chi connectivity index (χ1n) is 6.99. The number of carbonyl (C=O) groups excluding carboxylic acids is 1. The number of benzene rings is 2. The smallest absolute Gasteiger partial charge is 0.305 e. The van der Waals surface area contributed by atoms with Crippen molar-refractivity contribution in [2.24, 2.45) is 0 Å². The predicted molar refractivity (Wildman–Crippen MR) is 93.4 cm³/mol. The number of nitrogens with one attached hydrogen (secondary N) is 2. The van der Waals surface area contributed by atoms with Gasteiger partial charge in [-0.25, -0.2) is 8.78 Å². The van der Waals surface area contributed by atoms with Gasteiger partial charge in [0.1, 0.15) is 0 Å². The normalized spacial score (nSPS) is 10.4. The highest BCUT2D eigenvalue weighted by Crippen LogP contribution is 2.32. The molecule has 2 aromatic rings. The Morgan fingerprint density at radius 3 is 2.56 bits per heavy atom. The Hall–Kier alpha value is -2.19. The van der Waals surface area contributed by atoms with Crippen LogP contribution in [0.15, 0.2) is 34.8 Å². The van der Waals surface area contributed by atoms with Gasteiger partial charge in [-0.2, -0.15) is 0 Å². The van der Waals surface area contributed by atoms with E-state index in [0.29, 0.717) is 4.47 Å². The second-order valence-electron chi connectivity index (χ2n) is 4.93. The monoisotopic (exact) mass is 432 g/mol. The van der Waals surface area contributed by atoms with Crippen LogP contribution in [-0.2, 0) is 4.79 Å². The van der Waals surface area contributed by atoms with E-state index in [1.165, 1.54) is 6.07 Å². The van der Waals surface area contributed by atoms with Crippen LogP contribution in [0, 0.1) is 11.6 Å². The molecular formula is C16H12BrClF2N2O3. The SMILES string of the molecule is O=C(O)CCNC(=O)c1ccc(F)c(F)c1Nc1ccc(Br)cc1Cl. The molecule has 0 fully saturated rings. The molecule has 0 aliphatic carbocycles. The summed E-state index contributed by atoms with van der Waals surface area (Å²) in [6, 6.07) is 6.63. The van der Waals surface area contributed by atoms with Gasteiger partial charge in [-0.3, -0.25) is 9.59 Å². The molecule has 0 aliphatic rings. The molecule has 9 heteroatoms. The van der Waals surface area contributed by atoms with E-state index in [-0.39, 0.29) is 29.2 Å². The quantitative estimate of drug-likeness (QED) is 0.634. The number of amides is 1. The summed E-state index contributed by atoms with van der Waals surface area (Å²) in [4.78, 5) is 22.7. The van der Waals surface area contributed by atoms with Gasteiger partial charge in [0.05, 0.1) is 28.4 Å². The zero-order valence-corrected chi connectivity index (χ0v) is 14.9.